The van der Waals surface area contributed by atoms with E-state index in [1.807, 2.05) is 0 Å². The molecule has 1 heterocycles. The van der Waals surface area contributed by atoms with Crippen LogP contribution < -0.4 is 0 Å². The number of carbonyl (C=O) groups is 2. The number of likely N-dealkylation sites (tertiary alicyclic amines) is 1. The summed E-state index contributed by atoms with van der Waals surface area (Å²) in [6.07, 6.45) is -1.27. The number of hydrogen-bond acceptors (Lipinski definition) is 3. The molecule has 0 bridgehead atoms. The summed E-state index contributed by atoms with van der Waals surface area (Å²) in [5, 5.41) is 17.8. The van der Waals surface area contributed by atoms with Gasteiger partial charge in [-0.25, -0.2) is 4.79 Å². The minimum Gasteiger partial charge on any atom is -0.480 e. The summed E-state index contributed by atoms with van der Waals surface area (Å²) in [6.45, 7) is 0.0399. The van der Waals surface area contributed by atoms with Crippen molar-refractivity contribution in [2.75, 3.05) is 6.54 Å². The molecule has 2 atom stereocenters. The molecule has 0 aromatic heterocycles. The topological polar surface area (TPSA) is 77.8 Å². The Balaban J connectivity index is 2.85. The van der Waals surface area contributed by atoms with Crippen molar-refractivity contribution in [2.24, 2.45) is 0 Å². The minimum atomic E-state index is -3.61. The molecule has 0 aliphatic carbocycles. The number of aliphatic hydroxyl groups excluding tert-OH is 1. The van der Waals surface area contributed by atoms with Gasteiger partial charge in [0.25, 0.3) is 5.91 Å². The van der Waals surface area contributed by atoms with Gasteiger partial charge in [0.1, 0.15) is 6.04 Å². The molecular weight excluding hydrogens is 212 g/mol. The number of hydrogen-bond donors (Lipinski definition) is 2. The summed E-state index contributed by atoms with van der Waals surface area (Å²) in [4.78, 5) is 22.3. The Labute approximate surface area is 84.3 Å². The lowest BCUT2D eigenvalue weighted by Crippen LogP contribution is -2.47. The Morgan fingerprint density at radius 2 is 2.00 bits per heavy atom. The maximum absolute atomic E-state index is 12.7. The Morgan fingerprint density at radius 3 is 2.40 bits per heavy atom. The minimum absolute atomic E-state index is 0.211. The van der Waals surface area contributed by atoms with Gasteiger partial charge in [-0.1, -0.05) is 0 Å². The van der Waals surface area contributed by atoms with Crippen LogP contribution in [0.3, 0.4) is 0 Å². The van der Waals surface area contributed by atoms with Gasteiger partial charge in [-0.2, -0.15) is 8.78 Å². The van der Waals surface area contributed by atoms with Crippen molar-refractivity contribution in [3.8, 4) is 0 Å². The van der Waals surface area contributed by atoms with Gasteiger partial charge in [0.2, 0.25) is 0 Å². The van der Waals surface area contributed by atoms with E-state index in [-0.39, 0.29) is 13.0 Å². The summed E-state index contributed by atoms with van der Waals surface area (Å²) >= 11 is 0. The second-order valence-electron chi connectivity index (χ2n) is 3.59. The van der Waals surface area contributed by atoms with Gasteiger partial charge in [-0.15, -0.1) is 0 Å². The second kappa shape index (κ2) is 3.73. The first-order valence-corrected chi connectivity index (χ1v) is 4.33. The summed E-state index contributed by atoms with van der Waals surface area (Å²) in [5.74, 6) is -6.56. The highest BCUT2D eigenvalue weighted by Crippen LogP contribution is 2.24. The molecule has 1 fully saturated rings. The smallest absolute Gasteiger partial charge is 0.326 e. The molecule has 0 aromatic carbocycles. The molecule has 1 saturated heterocycles. The van der Waals surface area contributed by atoms with E-state index in [1.54, 1.807) is 0 Å². The Hall–Kier alpha value is -1.24. The standard InChI is InChI=1S/C8H11F2NO4/c1-8(9,10)7(15)11-3-4(12)2-5(11)6(13)14/h4-5,12H,2-3H2,1H3,(H,13,14). The molecule has 0 radical (unpaired) electrons. The van der Waals surface area contributed by atoms with Crippen LogP contribution in [0.5, 0.6) is 0 Å². The summed E-state index contributed by atoms with van der Waals surface area (Å²) < 4.78 is 25.3. The first-order chi connectivity index (χ1) is 6.73. The third-order valence-electron chi connectivity index (χ3n) is 2.20. The molecule has 1 rings (SSSR count). The molecule has 86 valence electrons. The van der Waals surface area contributed by atoms with Crippen LogP contribution in [0.1, 0.15) is 13.3 Å². The zero-order chi connectivity index (χ0) is 11.8. The van der Waals surface area contributed by atoms with Crippen LogP contribution in [0.25, 0.3) is 0 Å². The van der Waals surface area contributed by atoms with Crippen molar-refractivity contribution in [1.82, 2.24) is 4.90 Å². The van der Waals surface area contributed by atoms with Crippen molar-refractivity contribution in [3.05, 3.63) is 0 Å². The van der Waals surface area contributed by atoms with E-state index in [2.05, 4.69) is 0 Å². The van der Waals surface area contributed by atoms with Crippen LogP contribution in [0.2, 0.25) is 0 Å². The summed E-state index contributed by atoms with van der Waals surface area (Å²) in [7, 11) is 0. The maximum Gasteiger partial charge on any atom is 0.326 e. The van der Waals surface area contributed by atoms with Crippen LogP contribution in [0.15, 0.2) is 0 Å². The number of β-amino-alcohol motifs (C(OH)–C–C–N with tert-alkyl or cyclic N) is 1. The van der Waals surface area contributed by atoms with Gasteiger partial charge < -0.3 is 15.1 Å². The number of halogens is 2. The van der Waals surface area contributed by atoms with Crippen LogP contribution in [-0.2, 0) is 9.59 Å². The number of alkyl halides is 2. The highest BCUT2D eigenvalue weighted by Gasteiger charge is 2.46. The highest BCUT2D eigenvalue weighted by molar-refractivity contribution is 5.88. The van der Waals surface area contributed by atoms with E-state index in [1.165, 1.54) is 0 Å². The third-order valence-corrected chi connectivity index (χ3v) is 2.20. The molecule has 15 heavy (non-hydrogen) atoms. The molecule has 1 aliphatic heterocycles. The first kappa shape index (κ1) is 11.8. The SMILES string of the molecule is CC(F)(F)C(=O)N1CC(O)CC1C(=O)O. The molecule has 7 heteroatoms. The van der Waals surface area contributed by atoms with E-state index in [4.69, 9.17) is 10.2 Å². The van der Waals surface area contributed by atoms with Crippen LogP contribution in [0, 0.1) is 0 Å². The van der Waals surface area contributed by atoms with Crippen LogP contribution in [0.4, 0.5) is 8.78 Å². The van der Waals surface area contributed by atoms with E-state index < -0.39 is 29.9 Å². The zero-order valence-electron chi connectivity index (χ0n) is 7.98. The van der Waals surface area contributed by atoms with E-state index in [0.29, 0.717) is 11.8 Å². The lowest BCUT2D eigenvalue weighted by atomic mass is 10.2. The van der Waals surface area contributed by atoms with Gasteiger partial charge in [-0.3, -0.25) is 4.79 Å². The molecular formula is C8H11F2NO4. The molecule has 2 unspecified atom stereocenters. The van der Waals surface area contributed by atoms with Crippen molar-refractivity contribution < 1.29 is 28.6 Å². The third kappa shape index (κ3) is 2.41. The molecule has 5 nitrogen and oxygen atoms in total. The number of carboxylic acid groups (broad SMARTS) is 1. The number of nitrogens with zero attached hydrogens (tertiary/aromatic N) is 1. The van der Waals surface area contributed by atoms with E-state index in [0.717, 1.165) is 0 Å². The Morgan fingerprint density at radius 1 is 1.47 bits per heavy atom. The average Bonchev–Trinajstić information content (AvgIpc) is 2.44. The van der Waals surface area contributed by atoms with Crippen molar-refractivity contribution >= 4 is 11.9 Å². The van der Waals surface area contributed by atoms with Gasteiger partial charge in [0, 0.05) is 19.9 Å². The quantitative estimate of drug-likeness (QED) is 0.673. The number of carbonyl (C=O) groups excluding carboxylic acids is 1. The Kier molecular flexibility index (Phi) is 2.94. The maximum atomic E-state index is 12.7. The average molecular weight is 223 g/mol. The molecule has 2 N–H and O–H groups in total. The fourth-order valence-corrected chi connectivity index (χ4v) is 1.52. The van der Waals surface area contributed by atoms with Crippen LogP contribution in [-0.4, -0.2) is 51.6 Å². The lowest BCUT2D eigenvalue weighted by Gasteiger charge is -2.23. The lowest BCUT2D eigenvalue weighted by molar-refractivity contribution is -0.161. The van der Waals surface area contributed by atoms with Gasteiger partial charge in [0.15, 0.2) is 0 Å². The molecule has 0 spiro atoms. The fraction of sp³-hybridized carbons (Fsp3) is 0.750. The number of aliphatic hydroxyl groups is 1. The molecule has 0 aromatic rings. The largest absolute Gasteiger partial charge is 0.480 e. The van der Waals surface area contributed by atoms with Gasteiger partial charge >= 0.3 is 11.9 Å². The molecule has 1 aliphatic rings. The number of amides is 1. The number of carboxylic acids is 1. The fourth-order valence-electron chi connectivity index (χ4n) is 1.52. The van der Waals surface area contributed by atoms with E-state index in [9.17, 15) is 18.4 Å². The predicted octanol–water partition coefficient (Wildman–Crippen LogP) is -0.312. The summed E-state index contributed by atoms with van der Waals surface area (Å²) in [6, 6.07) is -1.36. The molecule has 1 amide bonds. The van der Waals surface area contributed by atoms with Gasteiger partial charge in [-0.05, 0) is 0 Å². The van der Waals surface area contributed by atoms with Gasteiger partial charge in [0.05, 0.1) is 6.10 Å². The Bertz CT molecular complexity index is 289. The normalized spacial score (nSPS) is 26.8. The zero-order valence-corrected chi connectivity index (χ0v) is 7.98. The monoisotopic (exact) mass is 223 g/mol. The van der Waals surface area contributed by atoms with Crippen LogP contribution >= 0.6 is 0 Å². The number of rotatable bonds is 2. The second-order valence-corrected chi connectivity index (χ2v) is 3.59. The van der Waals surface area contributed by atoms with Crippen molar-refractivity contribution in [1.29, 1.82) is 0 Å². The van der Waals surface area contributed by atoms with Crippen molar-refractivity contribution in [3.63, 3.8) is 0 Å². The van der Waals surface area contributed by atoms with Crippen molar-refractivity contribution in [2.45, 2.75) is 31.4 Å². The number of aliphatic carboxylic acids is 1. The first-order valence-electron chi connectivity index (χ1n) is 4.33. The van der Waals surface area contributed by atoms with E-state index >= 15 is 0 Å². The highest BCUT2D eigenvalue weighted by atomic mass is 19.3. The summed E-state index contributed by atoms with van der Waals surface area (Å²) in [5.41, 5.74) is 0. The predicted molar refractivity (Wildman–Crippen MR) is 44.4 cm³/mol. The molecule has 0 saturated carbocycles.